The molecule has 8 nitrogen and oxygen atoms in total. The second kappa shape index (κ2) is 9.63. The van der Waals surface area contributed by atoms with Crippen LogP contribution in [0.3, 0.4) is 0 Å². The Morgan fingerprint density at radius 2 is 1.80 bits per heavy atom. The van der Waals surface area contributed by atoms with Crippen LogP contribution in [0.15, 0.2) is 67.0 Å². The Bertz CT molecular complexity index is 1280. The fraction of sp³-hybridized carbons (Fsp3) is 0.130. The lowest BCUT2D eigenvalue weighted by atomic mass is 10.1. The van der Waals surface area contributed by atoms with Crippen LogP contribution in [-0.2, 0) is 11.3 Å². The molecule has 35 heavy (non-hydrogen) atoms. The number of nitrogens with zero attached hydrogens (tertiary/aromatic N) is 3. The summed E-state index contributed by atoms with van der Waals surface area (Å²) in [6, 6.07) is 11.8. The van der Waals surface area contributed by atoms with Gasteiger partial charge in [-0.15, -0.1) is 13.2 Å². The minimum atomic E-state index is -4.86. The van der Waals surface area contributed by atoms with Gasteiger partial charge in [0.15, 0.2) is 0 Å². The summed E-state index contributed by atoms with van der Waals surface area (Å²) >= 11 is 6.08. The van der Waals surface area contributed by atoms with Crippen molar-refractivity contribution in [1.82, 2.24) is 9.88 Å². The molecular weight excluding hydrogens is 489 g/mol. The maximum atomic E-state index is 12.9. The molecule has 0 aliphatic carbocycles. The lowest BCUT2D eigenvalue weighted by molar-refractivity contribution is -0.274. The zero-order valence-electron chi connectivity index (χ0n) is 17.8. The molecule has 3 aromatic rings. The van der Waals surface area contributed by atoms with Crippen molar-refractivity contribution in [2.75, 3.05) is 16.8 Å². The van der Waals surface area contributed by atoms with Gasteiger partial charge in [-0.05, 0) is 48.0 Å². The molecule has 0 radical (unpaired) electrons. The van der Waals surface area contributed by atoms with Crippen LogP contribution in [0.25, 0.3) is 0 Å². The first kappa shape index (κ1) is 24.0. The first-order chi connectivity index (χ1) is 16.6. The number of urea groups is 1. The number of benzene rings is 2. The molecule has 1 saturated heterocycles. The van der Waals surface area contributed by atoms with Crippen molar-refractivity contribution in [3.8, 4) is 5.75 Å². The van der Waals surface area contributed by atoms with Gasteiger partial charge in [-0.2, -0.15) is 0 Å². The molecule has 4 amide bonds. The second-order valence-electron chi connectivity index (χ2n) is 7.38. The lowest BCUT2D eigenvalue weighted by Crippen LogP contribution is -2.33. The minimum absolute atomic E-state index is 0.0308. The second-order valence-corrected chi connectivity index (χ2v) is 7.78. The Hall–Kier alpha value is -4.12. The molecule has 4 rings (SSSR count). The van der Waals surface area contributed by atoms with Crippen LogP contribution in [0, 0.1) is 0 Å². The molecule has 0 unspecified atom stereocenters. The Kier molecular flexibility index (Phi) is 6.61. The van der Waals surface area contributed by atoms with E-state index in [4.69, 9.17) is 11.6 Å². The third-order valence-electron chi connectivity index (χ3n) is 5.01. The summed E-state index contributed by atoms with van der Waals surface area (Å²) in [5.74, 6) is -1.51. The first-order valence-corrected chi connectivity index (χ1v) is 10.5. The maximum Gasteiger partial charge on any atom is 0.573 e. The number of pyridine rings is 1. The van der Waals surface area contributed by atoms with Crippen LogP contribution in [0.1, 0.15) is 15.9 Å². The number of hydrogen-bond acceptors (Lipinski definition) is 5. The summed E-state index contributed by atoms with van der Waals surface area (Å²) in [6.07, 6.45) is -1.98. The molecule has 1 aromatic heterocycles. The van der Waals surface area contributed by atoms with E-state index in [2.05, 4.69) is 15.0 Å². The average molecular weight is 505 g/mol. The number of imide groups is 1. The number of rotatable bonds is 6. The average Bonchev–Trinajstić information content (AvgIpc) is 3.07. The van der Waals surface area contributed by atoms with Crippen molar-refractivity contribution in [3.63, 3.8) is 0 Å². The topological polar surface area (TPSA) is 91.8 Å². The number of nitrogens with one attached hydrogen (secondary N) is 1. The van der Waals surface area contributed by atoms with Crippen molar-refractivity contribution >= 4 is 40.8 Å². The molecule has 1 fully saturated rings. The number of alkyl halides is 3. The monoisotopic (exact) mass is 504 g/mol. The van der Waals surface area contributed by atoms with Gasteiger partial charge in [0.25, 0.3) is 11.8 Å². The van der Waals surface area contributed by atoms with Gasteiger partial charge in [0.2, 0.25) is 0 Å². The van der Waals surface area contributed by atoms with Gasteiger partial charge in [0.1, 0.15) is 12.3 Å². The number of amides is 4. The van der Waals surface area contributed by atoms with E-state index in [1.54, 1.807) is 30.3 Å². The fourth-order valence-corrected chi connectivity index (χ4v) is 3.66. The van der Waals surface area contributed by atoms with Crippen molar-refractivity contribution < 1.29 is 32.3 Å². The van der Waals surface area contributed by atoms with Gasteiger partial charge >= 0.3 is 12.4 Å². The summed E-state index contributed by atoms with van der Waals surface area (Å²) in [5, 5.41) is 2.97. The molecule has 0 bridgehead atoms. The van der Waals surface area contributed by atoms with E-state index in [0.717, 1.165) is 17.0 Å². The van der Waals surface area contributed by atoms with Crippen LogP contribution in [-0.4, -0.2) is 40.6 Å². The summed E-state index contributed by atoms with van der Waals surface area (Å²) in [6.45, 7) is -0.295. The number of ether oxygens (including phenoxy) is 1. The normalized spacial score (nSPS) is 13.8. The maximum absolute atomic E-state index is 12.9. The Labute approximate surface area is 201 Å². The fourth-order valence-electron chi connectivity index (χ4n) is 3.44. The van der Waals surface area contributed by atoms with E-state index in [9.17, 15) is 27.6 Å². The minimum Gasteiger partial charge on any atom is -0.406 e. The van der Waals surface area contributed by atoms with Crippen molar-refractivity contribution in [2.24, 2.45) is 0 Å². The molecule has 2 aromatic carbocycles. The molecule has 180 valence electrons. The van der Waals surface area contributed by atoms with Gasteiger partial charge in [-0.25, -0.2) is 9.69 Å². The largest absolute Gasteiger partial charge is 0.573 e. The number of halogens is 4. The third-order valence-corrected chi connectivity index (χ3v) is 5.33. The summed E-state index contributed by atoms with van der Waals surface area (Å²) in [7, 11) is 0. The molecule has 1 aliphatic heterocycles. The highest BCUT2D eigenvalue weighted by atomic mass is 35.5. The number of hydrogen-bond donors (Lipinski definition) is 1. The van der Waals surface area contributed by atoms with Crippen LogP contribution in [0.4, 0.5) is 29.3 Å². The quantitative estimate of drug-likeness (QED) is 0.484. The van der Waals surface area contributed by atoms with Gasteiger partial charge in [0, 0.05) is 6.20 Å². The Morgan fingerprint density at radius 3 is 2.49 bits per heavy atom. The molecule has 0 saturated carbocycles. The molecule has 0 spiro atoms. The number of carbonyl (C=O) groups is 3. The van der Waals surface area contributed by atoms with Crippen LogP contribution in [0.2, 0.25) is 5.02 Å². The van der Waals surface area contributed by atoms with Gasteiger partial charge in [-0.3, -0.25) is 14.6 Å². The first-order valence-electron chi connectivity index (χ1n) is 10.1. The number of anilines is 2. The Morgan fingerprint density at radius 1 is 1.09 bits per heavy atom. The molecule has 12 heteroatoms. The lowest BCUT2D eigenvalue weighted by Gasteiger charge is -2.19. The SMILES string of the molecule is O=C(Nc1cnccc1CN1CC(=O)N(c2ccc(OC(F)(F)F)cc2)C1=O)c1ccccc1Cl. The van der Waals surface area contributed by atoms with Gasteiger partial charge in [-0.1, -0.05) is 23.7 Å². The van der Waals surface area contributed by atoms with E-state index in [1.807, 2.05) is 0 Å². The zero-order chi connectivity index (χ0) is 25.2. The van der Waals surface area contributed by atoms with Crippen LogP contribution in [0.5, 0.6) is 5.75 Å². The Balaban J connectivity index is 1.49. The highest BCUT2D eigenvalue weighted by molar-refractivity contribution is 6.34. The van der Waals surface area contributed by atoms with Crippen LogP contribution >= 0.6 is 11.6 Å². The highest BCUT2D eigenvalue weighted by Gasteiger charge is 2.38. The van der Waals surface area contributed by atoms with E-state index >= 15 is 0 Å². The van der Waals surface area contributed by atoms with Crippen molar-refractivity contribution in [3.05, 3.63) is 83.1 Å². The van der Waals surface area contributed by atoms with Crippen molar-refractivity contribution in [2.45, 2.75) is 12.9 Å². The predicted octanol–water partition coefficient (Wildman–Crippen LogP) is 4.85. The number of aromatic nitrogens is 1. The summed E-state index contributed by atoms with van der Waals surface area (Å²) in [4.78, 5) is 44.2. The third kappa shape index (κ3) is 5.52. The molecule has 1 N–H and O–H groups in total. The van der Waals surface area contributed by atoms with Gasteiger partial charge in [0.05, 0.1) is 34.7 Å². The zero-order valence-corrected chi connectivity index (χ0v) is 18.5. The molecule has 0 atom stereocenters. The molecular formula is C23H16ClF3N4O4. The van der Waals surface area contributed by atoms with E-state index in [0.29, 0.717) is 11.3 Å². The van der Waals surface area contributed by atoms with E-state index in [1.165, 1.54) is 29.4 Å². The number of carbonyl (C=O) groups excluding carboxylic acids is 3. The van der Waals surface area contributed by atoms with Crippen molar-refractivity contribution in [1.29, 1.82) is 0 Å². The molecule has 1 aliphatic rings. The smallest absolute Gasteiger partial charge is 0.406 e. The summed E-state index contributed by atoms with van der Waals surface area (Å²) < 4.78 is 40.9. The summed E-state index contributed by atoms with van der Waals surface area (Å²) in [5.41, 5.74) is 1.18. The standard InChI is InChI=1S/C23H16ClF3N4O4/c24-18-4-2-1-3-17(18)21(33)29-19-11-28-10-9-14(19)12-30-13-20(32)31(22(30)34)15-5-7-16(8-6-15)35-23(25,26)27/h1-11H,12-13H2,(H,29,33). The van der Waals surface area contributed by atoms with Crippen LogP contribution < -0.4 is 15.0 Å². The van der Waals surface area contributed by atoms with E-state index < -0.39 is 30.0 Å². The highest BCUT2D eigenvalue weighted by Crippen LogP contribution is 2.29. The van der Waals surface area contributed by atoms with Gasteiger partial charge < -0.3 is 15.0 Å². The van der Waals surface area contributed by atoms with E-state index in [-0.39, 0.29) is 29.4 Å². The predicted molar refractivity (Wildman–Crippen MR) is 120 cm³/mol. The molecule has 2 heterocycles.